The zero-order valence-electron chi connectivity index (χ0n) is 24.8. The SMILES string of the molecule is CSN(C)c1ccccc1C(=O)Nc1ccc(S(=O)(=O)N2CCN(c3nc(C)cc(OCC#CCNC(C)=O)n3)CC2)nn1. The second-order valence-corrected chi connectivity index (χ2v) is 12.3. The van der Waals surface area contributed by atoms with Crippen molar-refractivity contribution in [3.05, 3.63) is 53.7 Å². The van der Waals surface area contributed by atoms with Gasteiger partial charge in [0.25, 0.3) is 15.9 Å². The standard InChI is InChI=1S/C28H33N9O5S2/c1-20-19-25(42-18-8-7-13-29-21(2)38)32-28(30-20)36-14-16-37(17-15-36)44(40,41)26-12-11-24(33-34-26)31-27(39)22-9-5-6-10-23(22)35(3)43-4/h5-6,9-12,19H,13-18H2,1-4H3,(H,29,38)(H,31,33,39). The maximum absolute atomic E-state index is 13.3. The monoisotopic (exact) mass is 639 g/mol. The van der Waals surface area contributed by atoms with Crippen molar-refractivity contribution in [2.45, 2.75) is 18.9 Å². The Hall–Kier alpha value is -4.46. The van der Waals surface area contributed by atoms with E-state index < -0.39 is 10.0 Å². The van der Waals surface area contributed by atoms with Gasteiger partial charge in [0.2, 0.25) is 17.7 Å². The minimum Gasteiger partial charge on any atom is -0.464 e. The largest absolute Gasteiger partial charge is 0.464 e. The van der Waals surface area contributed by atoms with Crippen LogP contribution in [0, 0.1) is 18.8 Å². The summed E-state index contributed by atoms with van der Waals surface area (Å²) >= 11 is 1.46. The number of carbonyl (C=O) groups is 2. The van der Waals surface area contributed by atoms with E-state index >= 15 is 0 Å². The number of hydrogen-bond donors (Lipinski definition) is 2. The van der Waals surface area contributed by atoms with E-state index in [1.807, 2.05) is 41.6 Å². The maximum Gasteiger partial charge on any atom is 0.262 e. The molecule has 0 atom stereocenters. The Bertz CT molecular complexity index is 1650. The van der Waals surface area contributed by atoms with E-state index in [0.717, 1.165) is 5.69 Å². The number of ether oxygens (including phenoxy) is 1. The Morgan fingerprint density at radius 3 is 2.50 bits per heavy atom. The molecule has 3 aromatic rings. The van der Waals surface area contributed by atoms with Crippen LogP contribution in [0.25, 0.3) is 0 Å². The van der Waals surface area contributed by atoms with Crippen LogP contribution in [-0.2, 0) is 14.8 Å². The lowest BCUT2D eigenvalue weighted by Crippen LogP contribution is -2.49. The minimum atomic E-state index is -3.92. The fourth-order valence-corrected chi connectivity index (χ4v) is 5.79. The van der Waals surface area contributed by atoms with Crippen LogP contribution in [0.4, 0.5) is 17.5 Å². The average molecular weight is 640 g/mol. The maximum atomic E-state index is 13.3. The molecule has 1 aliphatic rings. The van der Waals surface area contributed by atoms with Gasteiger partial charge in [0.05, 0.1) is 17.8 Å². The smallest absolute Gasteiger partial charge is 0.262 e. The van der Waals surface area contributed by atoms with Crippen molar-refractivity contribution in [3.63, 3.8) is 0 Å². The molecule has 232 valence electrons. The molecule has 0 unspecified atom stereocenters. The van der Waals surface area contributed by atoms with Crippen LogP contribution < -0.4 is 24.6 Å². The average Bonchev–Trinajstić information content (AvgIpc) is 3.02. The first kappa shape index (κ1) is 32.5. The predicted molar refractivity (Wildman–Crippen MR) is 168 cm³/mol. The van der Waals surface area contributed by atoms with Gasteiger partial charge in [-0.15, -0.1) is 10.2 Å². The van der Waals surface area contributed by atoms with Crippen molar-refractivity contribution in [2.75, 3.05) is 67.2 Å². The van der Waals surface area contributed by atoms with Gasteiger partial charge in [-0.25, -0.2) is 13.4 Å². The summed E-state index contributed by atoms with van der Waals surface area (Å²) < 4.78 is 35.4. The second-order valence-electron chi connectivity index (χ2n) is 9.50. The first-order valence-electron chi connectivity index (χ1n) is 13.5. The topological polar surface area (TPSA) is 163 Å². The Morgan fingerprint density at radius 2 is 1.82 bits per heavy atom. The summed E-state index contributed by atoms with van der Waals surface area (Å²) in [7, 11) is -2.07. The van der Waals surface area contributed by atoms with Crippen LogP contribution in [0.5, 0.6) is 5.88 Å². The number of para-hydroxylation sites is 1. The molecule has 1 saturated heterocycles. The Balaban J connectivity index is 1.35. The fourth-order valence-electron chi connectivity index (χ4n) is 4.14. The molecule has 0 spiro atoms. The van der Waals surface area contributed by atoms with Gasteiger partial charge in [-0.1, -0.05) is 35.9 Å². The van der Waals surface area contributed by atoms with Crippen molar-refractivity contribution >= 4 is 51.2 Å². The molecule has 1 aromatic carbocycles. The number of piperazine rings is 1. The van der Waals surface area contributed by atoms with Gasteiger partial charge >= 0.3 is 0 Å². The number of anilines is 3. The highest BCUT2D eigenvalue weighted by molar-refractivity contribution is 7.99. The van der Waals surface area contributed by atoms with Gasteiger partial charge in [-0.3, -0.25) is 9.59 Å². The molecule has 0 radical (unpaired) electrons. The molecule has 3 heterocycles. The van der Waals surface area contributed by atoms with E-state index in [9.17, 15) is 18.0 Å². The van der Waals surface area contributed by atoms with Gasteiger partial charge < -0.3 is 24.6 Å². The number of aromatic nitrogens is 4. The summed E-state index contributed by atoms with van der Waals surface area (Å²) in [6, 6.07) is 11.6. The normalized spacial score (nSPS) is 13.4. The van der Waals surface area contributed by atoms with Gasteiger partial charge in [-0.05, 0) is 31.2 Å². The van der Waals surface area contributed by atoms with Gasteiger partial charge in [0.1, 0.15) is 0 Å². The lowest BCUT2D eigenvalue weighted by Gasteiger charge is -2.33. The number of benzene rings is 1. The number of nitrogens with zero attached hydrogens (tertiary/aromatic N) is 7. The van der Waals surface area contributed by atoms with E-state index in [1.165, 1.54) is 35.3 Å². The second kappa shape index (κ2) is 14.8. The number of carbonyl (C=O) groups excluding carboxylic acids is 2. The van der Waals surface area contributed by atoms with Crippen LogP contribution in [0.15, 0.2) is 47.5 Å². The summed E-state index contributed by atoms with van der Waals surface area (Å²) in [4.78, 5) is 34.6. The summed E-state index contributed by atoms with van der Waals surface area (Å²) in [5, 5.41) is 12.9. The molecule has 16 heteroatoms. The molecule has 14 nitrogen and oxygen atoms in total. The highest BCUT2D eigenvalue weighted by Crippen LogP contribution is 2.25. The van der Waals surface area contributed by atoms with Crippen LogP contribution in [0.2, 0.25) is 0 Å². The van der Waals surface area contributed by atoms with Crippen molar-refractivity contribution < 1.29 is 22.7 Å². The van der Waals surface area contributed by atoms with Crippen LogP contribution in [0.3, 0.4) is 0 Å². The highest BCUT2D eigenvalue weighted by Gasteiger charge is 2.31. The number of hydrogen-bond acceptors (Lipinski definition) is 12. The number of aryl methyl sites for hydroxylation is 1. The zero-order chi connectivity index (χ0) is 31.7. The summed E-state index contributed by atoms with van der Waals surface area (Å²) in [6.45, 7) is 4.63. The molecule has 44 heavy (non-hydrogen) atoms. The highest BCUT2D eigenvalue weighted by atomic mass is 32.2. The van der Waals surface area contributed by atoms with Crippen LogP contribution in [-0.4, -0.2) is 97.3 Å². The molecule has 0 saturated carbocycles. The lowest BCUT2D eigenvalue weighted by atomic mass is 10.1. The number of amides is 2. The summed E-state index contributed by atoms with van der Waals surface area (Å²) in [5.41, 5.74) is 1.87. The molecular formula is C28H33N9O5S2. The van der Waals surface area contributed by atoms with Crippen LogP contribution >= 0.6 is 11.9 Å². The third-order valence-corrected chi connectivity index (χ3v) is 8.97. The van der Waals surface area contributed by atoms with Crippen molar-refractivity contribution in [1.29, 1.82) is 0 Å². The van der Waals surface area contributed by atoms with E-state index in [2.05, 4.69) is 42.6 Å². The molecule has 1 aliphatic heterocycles. The van der Waals surface area contributed by atoms with Gasteiger partial charge in [0, 0.05) is 58.2 Å². The molecule has 2 amide bonds. The summed E-state index contributed by atoms with van der Waals surface area (Å²) in [5.74, 6) is 5.95. The summed E-state index contributed by atoms with van der Waals surface area (Å²) in [6.07, 6.45) is 1.90. The molecule has 2 N–H and O–H groups in total. The predicted octanol–water partition coefficient (Wildman–Crippen LogP) is 1.57. The number of rotatable bonds is 10. The number of nitrogens with one attached hydrogen (secondary N) is 2. The van der Waals surface area contributed by atoms with Gasteiger partial charge in [0.15, 0.2) is 17.5 Å². The zero-order valence-corrected chi connectivity index (χ0v) is 26.4. The van der Waals surface area contributed by atoms with Gasteiger partial charge in [-0.2, -0.15) is 9.29 Å². The minimum absolute atomic E-state index is 0.0909. The lowest BCUT2D eigenvalue weighted by molar-refractivity contribution is -0.118. The third kappa shape index (κ3) is 8.34. The molecular weight excluding hydrogens is 607 g/mol. The Kier molecular flexibility index (Phi) is 10.9. The Morgan fingerprint density at radius 1 is 1.07 bits per heavy atom. The molecule has 1 fully saturated rings. The fraction of sp³-hybridized carbons (Fsp3) is 0.357. The van der Waals surface area contributed by atoms with Crippen molar-refractivity contribution in [2.24, 2.45) is 0 Å². The van der Waals surface area contributed by atoms with Crippen LogP contribution in [0.1, 0.15) is 23.0 Å². The molecule has 0 bridgehead atoms. The van der Waals surface area contributed by atoms with Crippen molar-refractivity contribution in [3.8, 4) is 17.7 Å². The molecule has 4 rings (SSSR count). The Labute approximate surface area is 260 Å². The van der Waals surface area contributed by atoms with E-state index in [4.69, 9.17) is 4.74 Å². The first-order valence-corrected chi connectivity index (χ1v) is 16.2. The molecule has 0 aliphatic carbocycles. The quantitative estimate of drug-likeness (QED) is 0.244. The van der Waals surface area contributed by atoms with E-state index in [0.29, 0.717) is 36.2 Å². The third-order valence-electron chi connectivity index (χ3n) is 6.43. The van der Waals surface area contributed by atoms with Crippen molar-refractivity contribution in [1.82, 2.24) is 29.8 Å². The van der Waals surface area contributed by atoms with E-state index in [1.54, 1.807) is 18.2 Å². The number of sulfonamides is 1. The first-order chi connectivity index (χ1) is 21.1. The molecule has 2 aromatic heterocycles. The van der Waals surface area contributed by atoms with E-state index in [-0.39, 0.29) is 48.9 Å².